The molecule has 5 saturated carbocycles. The Kier molecular flexibility index (Phi) is 5.38. The van der Waals surface area contributed by atoms with E-state index in [0.717, 1.165) is 57.8 Å². The van der Waals surface area contributed by atoms with Crippen LogP contribution in [0, 0.1) is 56.7 Å². The highest BCUT2D eigenvalue weighted by Gasteiger charge is 2.72. The molecular formula is C31H48O3. The SMILES string of the molecule is C=C(C)C1CC[C@]2(C(=O)O)CC[C@]3(C)C(CCC4[C@@]5(C)CCC(=O)[C@@](C)(CC)C5CC[C@]43C)C12. The largest absolute Gasteiger partial charge is 0.481 e. The van der Waals surface area contributed by atoms with Crippen molar-refractivity contribution in [3.8, 4) is 0 Å². The average molecular weight is 469 g/mol. The van der Waals surface area contributed by atoms with E-state index >= 15 is 0 Å². The predicted molar refractivity (Wildman–Crippen MR) is 136 cm³/mol. The standard InChI is InChI=1S/C31H48O3/c1-8-27(4)22-12-15-30(7)23(28(22,5)14-13-24(27)32)10-9-21-25-20(19(2)3)11-16-31(25,26(33)34)18-17-29(21,30)6/h20-23,25H,2,8-18H2,1,3-7H3,(H,33,34)/t20?,21?,22?,23?,25?,27-,28-,29+,30+,31-/m0/s1. The van der Waals surface area contributed by atoms with Gasteiger partial charge in [0.2, 0.25) is 0 Å². The molecule has 3 nitrogen and oxygen atoms in total. The summed E-state index contributed by atoms with van der Waals surface area (Å²) in [7, 11) is 0. The second-order valence-corrected chi connectivity index (χ2v) is 14.3. The molecule has 0 amide bonds. The number of hydrogen-bond donors (Lipinski definition) is 1. The summed E-state index contributed by atoms with van der Waals surface area (Å²) < 4.78 is 0. The van der Waals surface area contributed by atoms with Crippen LogP contribution in [0.2, 0.25) is 0 Å². The summed E-state index contributed by atoms with van der Waals surface area (Å²) in [5, 5.41) is 10.5. The van der Waals surface area contributed by atoms with E-state index in [1.54, 1.807) is 0 Å². The second kappa shape index (κ2) is 7.45. The van der Waals surface area contributed by atoms with Gasteiger partial charge in [0.1, 0.15) is 5.78 Å². The van der Waals surface area contributed by atoms with Gasteiger partial charge in [0.25, 0.3) is 0 Å². The van der Waals surface area contributed by atoms with Crippen LogP contribution in [-0.4, -0.2) is 16.9 Å². The van der Waals surface area contributed by atoms with Crippen LogP contribution in [0.4, 0.5) is 0 Å². The van der Waals surface area contributed by atoms with Gasteiger partial charge >= 0.3 is 5.97 Å². The number of hydrogen-bond acceptors (Lipinski definition) is 2. The fourth-order valence-electron chi connectivity index (χ4n) is 11.6. The second-order valence-electron chi connectivity index (χ2n) is 14.3. The number of carbonyl (C=O) groups excluding carboxylic acids is 1. The summed E-state index contributed by atoms with van der Waals surface area (Å²) in [6, 6.07) is 0. The van der Waals surface area contributed by atoms with Gasteiger partial charge in [0, 0.05) is 11.8 Å². The van der Waals surface area contributed by atoms with Gasteiger partial charge in [-0.25, -0.2) is 0 Å². The molecule has 34 heavy (non-hydrogen) atoms. The van der Waals surface area contributed by atoms with E-state index in [9.17, 15) is 14.7 Å². The fraction of sp³-hybridized carbons (Fsp3) is 0.871. The maximum absolute atomic E-state index is 13.1. The molecule has 0 heterocycles. The molecule has 190 valence electrons. The Bertz CT molecular complexity index is 922. The monoisotopic (exact) mass is 468 g/mol. The first-order chi connectivity index (χ1) is 15.8. The third-order valence-corrected chi connectivity index (χ3v) is 13.8. The molecule has 0 saturated heterocycles. The number of ketones is 1. The number of carboxylic acid groups (broad SMARTS) is 1. The van der Waals surface area contributed by atoms with Crippen LogP contribution in [0.15, 0.2) is 12.2 Å². The summed E-state index contributed by atoms with van der Waals surface area (Å²) >= 11 is 0. The van der Waals surface area contributed by atoms with E-state index in [1.165, 1.54) is 18.4 Å². The van der Waals surface area contributed by atoms with Gasteiger partial charge in [-0.15, -0.1) is 0 Å². The molecule has 0 spiro atoms. The molecule has 10 atom stereocenters. The van der Waals surface area contributed by atoms with E-state index in [0.29, 0.717) is 29.5 Å². The summed E-state index contributed by atoms with van der Waals surface area (Å²) in [6.45, 7) is 18.7. The van der Waals surface area contributed by atoms with Crippen molar-refractivity contribution in [2.75, 3.05) is 0 Å². The molecule has 5 fully saturated rings. The van der Waals surface area contributed by atoms with Crippen LogP contribution >= 0.6 is 0 Å². The number of rotatable bonds is 3. The van der Waals surface area contributed by atoms with Crippen molar-refractivity contribution in [1.29, 1.82) is 0 Å². The molecule has 0 aromatic heterocycles. The molecule has 3 heteroatoms. The minimum absolute atomic E-state index is 0.162. The Hall–Kier alpha value is -1.12. The summed E-state index contributed by atoms with van der Waals surface area (Å²) in [4.78, 5) is 25.9. The maximum atomic E-state index is 13.1. The van der Waals surface area contributed by atoms with Crippen LogP contribution in [0.5, 0.6) is 0 Å². The van der Waals surface area contributed by atoms with Crippen molar-refractivity contribution in [3.63, 3.8) is 0 Å². The van der Waals surface area contributed by atoms with E-state index in [4.69, 9.17) is 0 Å². The molecular weight excluding hydrogens is 420 g/mol. The van der Waals surface area contributed by atoms with Gasteiger partial charge in [-0.1, -0.05) is 46.8 Å². The van der Waals surface area contributed by atoms with E-state index < -0.39 is 11.4 Å². The van der Waals surface area contributed by atoms with Crippen LogP contribution in [0.1, 0.15) is 112 Å². The van der Waals surface area contributed by atoms with Crippen molar-refractivity contribution in [1.82, 2.24) is 0 Å². The topological polar surface area (TPSA) is 54.4 Å². The van der Waals surface area contributed by atoms with Crippen molar-refractivity contribution in [2.45, 2.75) is 112 Å². The average Bonchev–Trinajstić information content (AvgIpc) is 3.18. The summed E-state index contributed by atoms with van der Waals surface area (Å²) in [5.74, 6) is 2.12. The van der Waals surface area contributed by atoms with Gasteiger partial charge < -0.3 is 5.11 Å². The highest BCUT2D eigenvalue weighted by atomic mass is 16.4. The third-order valence-electron chi connectivity index (χ3n) is 13.8. The van der Waals surface area contributed by atoms with Crippen LogP contribution in [0.3, 0.4) is 0 Å². The van der Waals surface area contributed by atoms with Crippen LogP contribution in [-0.2, 0) is 9.59 Å². The Morgan fingerprint density at radius 3 is 2.26 bits per heavy atom. The van der Waals surface area contributed by atoms with E-state index in [2.05, 4.69) is 48.1 Å². The molecule has 0 aromatic carbocycles. The maximum Gasteiger partial charge on any atom is 0.309 e. The molecule has 0 radical (unpaired) electrons. The lowest BCUT2D eigenvalue weighted by Gasteiger charge is -2.72. The molecule has 5 unspecified atom stereocenters. The zero-order valence-corrected chi connectivity index (χ0v) is 22.6. The third kappa shape index (κ3) is 2.71. The molecule has 0 aliphatic heterocycles. The number of carboxylic acids is 1. The zero-order valence-electron chi connectivity index (χ0n) is 22.6. The molecule has 5 aliphatic rings. The van der Waals surface area contributed by atoms with Crippen LogP contribution < -0.4 is 0 Å². The lowest BCUT2D eigenvalue weighted by atomic mass is 9.32. The number of fused-ring (bicyclic) bond motifs is 7. The Morgan fingerprint density at radius 1 is 0.941 bits per heavy atom. The van der Waals surface area contributed by atoms with Gasteiger partial charge in [-0.2, -0.15) is 0 Å². The van der Waals surface area contributed by atoms with Crippen LogP contribution in [0.25, 0.3) is 0 Å². The first kappa shape index (κ1) is 24.6. The smallest absolute Gasteiger partial charge is 0.309 e. The Balaban J connectivity index is 1.57. The van der Waals surface area contributed by atoms with E-state index in [-0.39, 0.29) is 27.6 Å². The highest BCUT2D eigenvalue weighted by Crippen LogP contribution is 2.77. The van der Waals surface area contributed by atoms with Crippen molar-refractivity contribution < 1.29 is 14.7 Å². The molecule has 0 bridgehead atoms. The van der Waals surface area contributed by atoms with Crippen molar-refractivity contribution >= 4 is 11.8 Å². The Morgan fingerprint density at radius 2 is 1.65 bits per heavy atom. The minimum Gasteiger partial charge on any atom is -0.481 e. The molecule has 5 aliphatic carbocycles. The lowest BCUT2D eigenvalue weighted by molar-refractivity contribution is -0.236. The zero-order chi connectivity index (χ0) is 24.9. The minimum atomic E-state index is -0.546. The number of allylic oxidation sites excluding steroid dienone is 1. The molecule has 0 aromatic rings. The quantitative estimate of drug-likeness (QED) is 0.432. The molecule has 1 N–H and O–H groups in total. The molecule has 5 rings (SSSR count). The van der Waals surface area contributed by atoms with Crippen molar-refractivity contribution in [3.05, 3.63) is 12.2 Å². The first-order valence-electron chi connectivity index (χ1n) is 14.2. The normalized spacial score (nSPS) is 54.4. The lowest BCUT2D eigenvalue weighted by Crippen LogP contribution is -2.67. The first-order valence-corrected chi connectivity index (χ1v) is 14.2. The number of Topliss-reactive ketones (excluding diaryl/α,β-unsaturated/α-hetero) is 1. The van der Waals surface area contributed by atoms with Gasteiger partial charge in [-0.05, 0) is 117 Å². The van der Waals surface area contributed by atoms with Gasteiger partial charge in [0.15, 0.2) is 0 Å². The summed E-state index contributed by atoms with van der Waals surface area (Å²) in [6.07, 6.45) is 11.1. The number of aliphatic carboxylic acids is 1. The fourth-order valence-corrected chi connectivity index (χ4v) is 11.6. The van der Waals surface area contributed by atoms with E-state index in [1.807, 2.05) is 0 Å². The van der Waals surface area contributed by atoms with Gasteiger partial charge in [-0.3, -0.25) is 9.59 Å². The summed E-state index contributed by atoms with van der Waals surface area (Å²) in [5.41, 5.74) is 1.07. The predicted octanol–water partition coefficient (Wildman–Crippen LogP) is 7.69. The number of carbonyl (C=O) groups is 2. The highest BCUT2D eigenvalue weighted by molar-refractivity contribution is 5.86. The van der Waals surface area contributed by atoms with Gasteiger partial charge in [0.05, 0.1) is 5.41 Å². The van der Waals surface area contributed by atoms with Crippen molar-refractivity contribution in [2.24, 2.45) is 56.7 Å². The Labute approximate surface area is 207 Å².